The molecule has 0 bridgehead atoms. The molecule has 1 unspecified atom stereocenters. The largest absolute Gasteiger partial charge is 0.365 e. The highest BCUT2D eigenvalue weighted by Gasteiger charge is 2.38. The molecule has 2 aromatic heterocycles. The van der Waals surface area contributed by atoms with Crippen molar-refractivity contribution >= 4 is 5.57 Å². The van der Waals surface area contributed by atoms with Gasteiger partial charge in [0.15, 0.2) is 0 Å². The van der Waals surface area contributed by atoms with Crippen LogP contribution >= 0.6 is 0 Å². The summed E-state index contributed by atoms with van der Waals surface area (Å²) in [5.74, 6) is 0. The zero-order valence-electron chi connectivity index (χ0n) is 13.2. The molecule has 1 fully saturated rings. The van der Waals surface area contributed by atoms with Gasteiger partial charge in [-0.2, -0.15) is 10.2 Å². The number of nitrogens with zero attached hydrogens (tertiary/aromatic N) is 4. The molecule has 1 atom stereocenters. The van der Waals surface area contributed by atoms with Crippen molar-refractivity contribution in [2.75, 3.05) is 26.2 Å². The molecule has 1 saturated heterocycles. The minimum absolute atomic E-state index is 0.344. The maximum atomic E-state index is 4.37. The van der Waals surface area contributed by atoms with Crippen LogP contribution in [0.5, 0.6) is 0 Å². The van der Waals surface area contributed by atoms with Crippen molar-refractivity contribution in [3.63, 3.8) is 0 Å². The first-order valence-electron chi connectivity index (χ1n) is 7.89. The maximum absolute atomic E-state index is 4.37. The molecule has 23 heavy (non-hydrogen) atoms. The molecule has 0 radical (unpaired) electrons. The van der Waals surface area contributed by atoms with E-state index in [4.69, 9.17) is 0 Å². The lowest BCUT2D eigenvalue weighted by Crippen LogP contribution is -2.59. The van der Waals surface area contributed by atoms with Crippen LogP contribution in [0.15, 0.2) is 43.1 Å². The molecule has 7 nitrogen and oxygen atoms in total. The third kappa shape index (κ3) is 2.47. The smallest absolute Gasteiger partial charge is 0.140 e. The highest BCUT2D eigenvalue weighted by molar-refractivity contribution is 5.74. The Labute approximate surface area is 135 Å². The van der Waals surface area contributed by atoms with E-state index in [-0.39, 0.29) is 5.66 Å². The number of allylic oxidation sites excluding steroid dienone is 2. The summed E-state index contributed by atoms with van der Waals surface area (Å²) in [5, 5.41) is 18.3. The van der Waals surface area contributed by atoms with Crippen LogP contribution in [-0.2, 0) is 12.7 Å². The SMILES string of the molecule is Cn1cc(C2(N3CCNCC3)C=CC(c3cn[nH]c3)=CN2)cn1. The Balaban J connectivity index is 1.69. The molecule has 120 valence electrons. The summed E-state index contributed by atoms with van der Waals surface area (Å²) in [6, 6.07) is 0. The van der Waals surface area contributed by atoms with Crippen molar-refractivity contribution in [2.45, 2.75) is 5.66 Å². The second-order valence-corrected chi connectivity index (χ2v) is 5.97. The Morgan fingerprint density at radius 3 is 2.70 bits per heavy atom. The lowest BCUT2D eigenvalue weighted by Gasteiger charge is -2.45. The summed E-state index contributed by atoms with van der Waals surface area (Å²) < 4.78 is 1.85. The Morgan fingerprint density at radius 1 is 1.22 bits per heavy atom. The number of rotatable bonds is 3. The van der Waals surface area contributed by atoms with Crippen LogP contribution in [0.25, 0.3) is 5.57 Å². The fourth-order valence-corrected chi connectivity index (χ4v) is 3.28. The van der Waals surface area contributed by atoms with Gasteiger partial charge in [0.1, 0.15) is 5.66 Å². The van der Waals surface area contributed by atoms with Gasteiger partial charge in [0.2, 0.25) is 0 Å². The molecule has 2 aliphatic heterocycles. The van der Waals surface area contributed by atoms with E-state index in [0.717, 1.165) is 42.9 Å². The van der Waals surface area contributed by atoms with Crippen molar-refractivity contribution in [1.82, 2.24) is 35.5 Å². The Hall–Kier alpha value is -2.38. The van der Waals surface area contributed by atoms with Crippen LogP contribution in [0.2, 0.25) is 0 Å². The molecule has 0 spiro atoms. The van der Waals surface area contributed by atoms with E-state index < -0.39 is 0 Å². The molecule has 0 saturated carbocycles. The van der Waals surface area contributed by atoms with Crippen LogP contribution in [0.4, 0.5) is 0 Å². The van der Waals surface area contributed by atoms with Crippen molar-refractivity contribution < 1.29 is 0 Å². The van der Waals surface area contributed by atoms with E-state index in [1.807, 2.05) is 30.3 Å². The van der Waals surface area contributed by atoms with E-state index in [1.54, 1.807) is 0 Å². The van der Waals surface area contributed by atoms with E-state index >= 15 is 0 Å². The molecule has 4 heterocycles. The van der Waals surface area contributed by atoms with Crippen molar-refractivity contribution in [1.29, 1.82) is 0 Å². The first-order valence-corrected chi connectivity index (χ1v) is 7.89. The normalized spacial score (nSPS) is 25.2. The fraction of sp³-hybridized carbons (Fsp3) is 0.375. The summed E-state index contributed by atoms with van der Waals surface area (Å²) in [4.78, 5) is 2.46. The molecule has 0 aromatic carbocycles. The molecule has 2 aromatic rings. The van der Waals surface area contributed by atoms with Gasteiger partial charge in [-0.05, 0) is 6.08 Å². The van der Waals surface area contributed by atoms with Gasteiger partial charge in [0, 0.05) is 68.5 Å². The summed E-state index contributed by atoms with van der Waals surface area (Å²) >= 11 is 0. The Kier molecular flexibility index (Phi) is 3.51. The van der Waals surface area contributed by atoms with Gasteiger partial charge in [-0.1, -0.05) is 6.08 Å². The monoisotopic (exact) mass is 311 g/mol. The summed E-state index contributed by atoms with van der Waals surface area (Å²) in [6.45, 7) is 3.97. The molecular weight excluding hydrogens is 290 g/mol. The molecule has 3 N–H and O–H groups in total. The third-order valence-corrected chi connectivity index (χ3v) is 4.54. The van der Waals surface area contributed by atoms with Gasteiger partial charge in [0.25, 0.3) is 0 Å². The standard InChI is InChI=1S/C16H21N7/c1-22-12-15(11-21-22)16(23-6-4-17-5-7-23)3-2-13(8-18-16)14-9-19-20-10-14/h2-3,8-12,17-18H,4-7H2,1H3,(H,19,20). The van der Waals surface area contributed by atoms with Crippen molar-refractivity contribution in [3.8, 4) is 0 Å². The van der Waals surface area contributed by atoms with E-state index in [9.17, 15) is 0 Å². The minimum atomic E-state index is -0.344. The zero-order valence-corrected chi connectivity index (χ0v) is 13.2. The third-order valence-electron chi connectivity index (χ3n) is 4.54. The lowest BCUT2D eigenvalue weighted by molar-refractivity contribution is 0.0922. The number of dihydropyridines is 1. The van der Waals surface area contributed by atoms with E-state index in [1.165, 1.54) is 0 Å². The van der Waals surface area contributed by atoms with Gasteiger partial charge >= 0.3 is 0 Å². The predicted octanol–water partition coefficient (Wildman–Crippen LogP) is 0.402. The number of piperazine rings is 1. The Bertz CT molecular complexity index is 721. The first kappa shape index (κ1) is 14.2. The van der Waals surface area contributed by atoms with Gasteiger partial charge in [-0.15, -0.1) is 0 Å². The molecule has 0 amide bonds. The molecule has 4 rings (SSSR count). The quantitative estimate of drug-likeness (QED) is 0.765. The van der Waals surface area contributed by atoms with Crippen molar-refractivity contribution in [2.24, 2.45) is 7.05 Å². The van der Waals surface area contributed by atoms with Crippen LogP contribution in [-0.4, -0.2) is 51.1 Å². The number of H-pyrrole nitrogens is 1. The number of aromatic nitrogens is 4. The number of hydrogen-bond donors (Lipinski definition) is 3. The summed E-state index contributed by atoms with van der Waals surface area (Å²) in [5.41, 5.74) is 3.01. The Morgan fingerprint density at radius 2 is 2.09 bits per heavy atom. The second kappa shape index (κ2) is 5.68. The number of aromatic amines is 1. The van der Waals surface area contributed by atoms with E-state index in [0.29, 0.717) is 0 Å². The van der Waals surface area contributed by atoms with Crippen LogP contribution in [0, 0.1) is 0 Å². The maximum Gasteiger partial charge on any atom is 0.140 e. The number of aryl methyl sites for hydroxylation is 1. The topological polar surface area (TPSA) is 73.8 Å². The highest BCUT2D eigenvalue weighted by atomic mass is 15.4. The van der Waals surface area contributed by atoms with Crippen LogP contribution < -0.4 is 10.6 Å². The fourth-order valence-electron chi connectivity index (χ4n) is 3.28. The molecule has 0 aliphatic carbocycles. The summed E-state index contributed by atoms with van der Waals surface area (Å²) in [6.07, 6.45) is 14.2. The van der Waals surface area contributed by atoms with Crippen LogP contribution in [0.3, 0.4) is 0 Å². The number of hydrogen-bond acceptors (Lipinski definition) is 5. The average Bonchev–Trinajstić information content (AvgIpc) is 3.28. The molecular formula is C16H21N7. The summed E-state index contributed by atoms with van der Waals surface area (Å²) in [7, 11) is 1.95. The van der Waals surface area contributed by atoms with Gasteiger partial charge in [-0.3, -0.25) is 14.7 Å². The van der Waals surface area contributed by atoms with E-state index in [2.05, 4.69) is 55.4 Å². The number of nitrogens with one attached hydrogen (secondary N) is 3. The molecule has 7 heteroatoms. The zero-order chi connectivity index (χ0) is 15.7. The predicted molar refractivity (Wildman–Crippen MR) is 88.2 cm³/mol. The minimum Gasteiger partial charge on any atom is -0.365 e. The van der Waals surface area contributed by atoms with Gasteiger partial charge < -0.3 is 10.6 Å². The van der Waals surface area contributed by atoms with Gasteiger partial charge in [0.05, 0.1) is 12.4 Å². The average molecular weight is 311 g/mol. The highest BCUT2D eigenvalue weighted by Crippen LogP contribution is 2.32. The first-order chi connectivity index (χ1) is 11.3. The van der Waals surface area contributed by atoms with Gasteiger partial charge in [-0.25, -0.2) is 0 Å². The van der Waals surface area contributed by atoms with Crippen molar-refractivity contribution in [3.05, 3.63) is 54.3 Å². The lowest BCUT2D eigenvalue weighted by atomic mass is 9.94. The molecule has 2 aliphatic rings. The second-order valence-electron chi connectivity index (χ2n) is 5.97. The van der Waals surface area contributed by atoms with Crippen LogP contribution in [0.1, 0.15) is 11.1 Å².